The van der Waals surface area contributed by atoms with Crippen molar-refractivity contribution in [3.63, 3.8) is 0 Å². The van der Waals surface area contributed by atoms with Gasteiger partial charge in [-0.25, -0.2) is 8.78 Å². The maximum atomic E-state index is 13.3. The van der Waals surface area contributed by atoms with Gasteiger partial charge >= 0.3 is 6.61 Å². The molecule has 0 aliphatic carbocycles. The van der Waals surface area contributed by atoms with Crippen LogP contribution >= 0.6 is 0 Å². The predicted molar refractivity (Wildman–Crippen MR) is 67.1 cm³/mol. The number of halogens is 4. The highest BCUT2D eigenvalue weighted by Crippen LogP contribution is 2.32. The summed E-state index contributed by atoms with van der Waals surface area (Å²) in [6, 6.07) is 7.32. The Morgan fingerprint density at radius 2 is 1.75 bits per heavy atom. The minimum Gasteiger partial charge on any atom is -0.433 e. The van der Waals surface area contributed by atoms with Crippen molar-refractivity contribution in [2.24, 2.45) is 0 Å². The molecule has 0 heterocycles. The molecule has 0 spiro atoms. The van der Waals surface area contributed by atoms with E-state index in [1.165, 1.54) is 18.2 Å². The molecule has 3 N–H and O–H groups in total. The Kier molecular flexibility index (Phi) is 3.97. The van der Waals surface area contributed by atoms with Gasteiger partial charge in [0, 0.05) is 6.07 Å². The molecule has 3 nitrogen and oxygen atoms in total. The number of alkyl halides is 2. The normalized spacial score (nSPS) is 10.7. The number of hydrogen-bond acceptors (Lipinski definition) is 3. The largest absolute Gasteiger partial charge is 0.433 e. The molecule has 2 aromatic rings. The quantitative estimate of drug-likeness (QED) is 0.662. The summed E-state index contributed by atoms with van der Waals surface area (Å²) in [5, 5.41) is 2.56. The van der Waals surface area contributed by atoms with Crippen molar-refractivity contribution in [2.45, 2.75) is 6.61 Å². The lowest BCUT2D eigenvalue weighted by molar-refractivity contribution is -0.0493. The Labute approximate surface area is 112 Å². The van der Waals surface area contributed by atoms with Crippen LogP contribution in [0.2, 0.25) is 0 Å². The number of rotatable bonds is 4. The van der Waals surface area contributed by atoms with Gasteiger partial charge in [0.2, 0.25) is 0 Å². The molecular formula is C13H10F4N2O. The second kappa shape index (κ2) is 5.68. The molecule has 0 aromatic heterocycles. The van der Waals surface area contributed by atoms with E-state index in [9.17, 15) is 17.6 Å². The molecule has 7 heteroatoms. The summed E-state index contributed by atoms with van der Waals surface area (Å²) in [5.41, 5.74) is 5.18. The zero-order valence-corrected chi connectivity index (χ0v) is 10.0. The van der Waals surface area contributed by atoms with Crippen LogP contribution in [0.1, 0.15) is 0 Å². The van der Waals surface area contributed by atoms with E-state index in [0.717, 1.165) is 6.07 Å². The number of para-hydroxylation sites is 2. The van der Waals surface area contributed by atoms with Crippen molar-refractivity contribution >= 4 is 17.1 Å². The number of benzene rings is 2. The van der Waals surface area contributed by atoms with Gasteiger partial charge in [-0.05, 0) is 18.2 Å². The third kappa shape index (κ3) is 3.11. The predicted octanol–water partition coefficient (Wildman–Crippen LogP) is 3.89. The summed E-state index contributed by atoms with van der Waals surface area (Å²) in [7, 11) is 0. The van der Waals surface area contributed by atoms with Gasteiger partial charge in [-0.1, -0.05) is 12.1 Å². The fourth-order valence-corrected chi connectivity index (χ4v) is 1.60. The first-order chi connectivity index (χ1) is 9.47. The SMILES string of the molecule is Nc1c(F)cc(F)cc1Nc1ccccc1OC(F)F. The van der Waals surface area contributed by atoms with Crippen LogP contribution in [0, 0.1) is 11.6 Å². The van der Waals surface area contributed by atoms with Crippen LogP contribution in [0.25, 0.3) is 0 Å². The molecule has 0 unspecified atom stereocenters. The molecular weight excluding hydrogens is 276 g/mol. The molecule has 0 saturated carbocycles. The van der Waals surface area contributed by atoms with E-state index in [4.69, 9.17) is 5.73 Å². The number of nitrogens with one attached hydrogen (secondary N) is 1. The van der Waals surface area contributed by atoms with Gasteiger partial charge in [-0.3, -0.25) is 0 Å². The minimum absolute atomic E-state index is 0.0761. The molecule has 0 amide bonds. The lowest BCUT2D eigenvalue weighted by Crippen LogP contribution is -2.05. The van der Waals surface area contributed by atoms with Gasteiger partial charge in [-0.2, -0.15) is 8.78 Å². The van der Waals surface area contributed by atoms with Gasteiger partial charge in [-0.15, -0.1) is 0 Å². The summed E-state index contributed by atoms with van der Waals surface area (Å²) in [6.45, 7) is -3.01. The Morgan fingerprint density at radius 1 is 1.05 bits per heavy atom. The van der Waals surface area contributed by atoms with Gasteiger partial charge < -0.3 is 15.8 Å². The monoisotopic (exact) mass is 286 g/mol. The van der Waals surface area contributed by atoms with Crippen molar-refractivity contribution in [3.8, 4) is 5.75 Å². The standard InChI is InChI=1S/C13H10F4N2O/c14-7-5-8(15)12(18)10(6-7)19-9-3-1-2-4-11(9)20-13(16)17/h1-6,13,19H,18H2. The average Bonchev–Trinajstić information content (AvgIpc) is 2.37. The molecule has 20 heavy (non-hydrogen) atoms. The van der Waals surface area contributed by atoms with Crippen LogP contribution in [-0.2, 0) is 0 Å². The molecule has 0 saturated heterocycles. The second-order valence-corrected chi connectivity index (χ2v) is 3.85. The smallest absolute Gasteiger partial charge is 0.387 e. The molecule has 0 atom stereocenters. The van der Waals surface area contributed by atoms with Crippen LogP contribution < -0.4 is 15.8 Å². The highest BCUT2D eigenvalue weighted by molar-refractivity contribution is 5.75. The van der Waals surface area contributed by atoms with Gasteiger partial charge in [0.1, 0.15) is 11.6 Å². The topological polar surface area (TPSA) is 47.3 Å². The molecule has 0 radical (unpaired) electrons. The van der Waals surface area contributed by atoms with E-state index >= 15 is 0 Å². The van der Waals surface area contributed by atoms with Crippen molar-refractivity contribution in [2.75, 3.05) is 11.1 Å². The first kappa shape index (κ1) is 14.0. The highest BCUT2D eigenvalue weighted by Gasteiger charge is 2.12. The van der Waals surface area contributed by atoms with Gasteiger partial charge in [0.15, 0.2) is 5.82 Å². The van der Waals surface area contributed by atoms with Crippen molar-refractivity contribution < 1.29 is 22.3 Å². The van der Waals surface area contributed by atoms with Crippen LogP contribution in [0.4, 0.5) is 34.6 Å². The second-order valence-electron chi connectivity index (χ2n) is 3.85. The van der Waals surface area contributed by atoms with E-state index in [1.54, 1.807) is 6.07 Å². The van der Waals surface area contributed by atoms with Crippen LogP contribution in [0.3, 0.4) is 0 Å². The fraction of sp³-hybridized carbons (Fsp3) is 0.0769. The van der Waals surface area contributed by atoms with Gasteiger partial charge in [0.25, 0.3) is 0 Å². The summed E-state index contributed by atoms with van der Waals surface area (Å²) in [6.07, 6.45) is 0. The molecule has 0 aliphatic rings. The van der Waals surface area contributed by atoms with Crippen LogP contribution in [0.15, 0.2) is 36.4 Å². The van der Waals surface area contributed by atoms with E-state index in [0.29, 0.717) is 6.07 Å². The summed E-state index contributed by atoms with van der Waals surface area (Å²) in [4.78, 5) is 0. The average molecular weight is 286 g/mol. The Bertz CT molecular complexity index is 619. The third-order valence-electron chi connectivity index (χ3n) is 2.47. The fourth-order valence-electron chi connectivity index (χ4n) is 1.60. The van der Waals surface area contributed by atoms with Crippen molar-refractivity contribution in [3.05, 3.63) is 48.0 Å². The lowest BCUT2D eigenvalue weighted by atomic mass is 10.2. The third-order valence-corrected chi connectivity index (χ3v) is 2.47. The molecule has 2 rings (SSSR count). The summed E-state index contributed by atoms with van der Waals surface area (Å²) < 4.78 is 55.2. The molecule has 0 bridgehead atoms. The van der Waals surface area contributed by atoms with E-state index in [1.807, 2.05) is 0 Å². The van der Waals surface area contributed by atoms with Crippen molar-refractivity contribution in [1.29, 1.82) is 0 Å². The number of nitrogens with two attached hydrogens (primary N) is 1. The molecule has 106 valence electrons. The lowest BCUT2D eigenvalue weighted by Gasteiger charge is -2.14. The number of hydrogen-bond donors (Lipinski definition) is 2. The van der Waals surface area contributed by atoms with Gasteiger partial charge in [0.05, 0.1) is 17.1 Å². The first-order valence-electron chi connectivity index (χ1n) is 5.52. The minimum atomic E-state index is -3.01. The van der Waals surface area contributed by atoms with E-state index < -0.39 is 18.2 Å². The highest BCUT2D eigenvalue weighted by atomic mass is 19.3. The molecule has 0 aliphatic heterocycles. The summed E-state index contributed by atoms with van der Waals surface area (Å²) >= 11 is 0. The maximum absolute atomic E-state index is 13.3. The Morgan fingerprint density at radius 3 is 2.45 bits per heavy atom. The van der Waals surface area contributed by atoms with E-state index in [-0.39, 0.29) is 22.8 Å². The number of nitrogen functional groups attached to an aromatic ring is 1. The number of ether oxygens (including phenoxy) is 1. The van der Waals surface area contributed by atoms with Crippen LogP contribution in [-0.4, -0.2) is 6.61 Å². The zero-order chi connectivity index (χ0) is 14.7. The van der Waals surface area contributed by atoms with Crippen LogP contribution in [0.5, 0.6) is 5.75 Å². The molecule has 2 aromatic carbocycles. The van der Waals surface area contributed by atoms with Crippen molar-refractivity contribution in [1.82, 2.24) is 0 Å². The first-order valence-corrected chi connectivity index (χ1v) is 5.52. The zero-order valence-electron chi connectivity index (χ0n) is 10.0. The Hall–Kier alpha value is -2.44. The maximum Gasteiger partial charge on any atom is 0.387 e. The number of anilines is 3. The molecule has 0 fully saturated rings. The Balaban J connectivity index is 2.35. The van der Waals surface area contributed by atoms with E-state index in [2.05, 4.69) is 10.1 Å². The summed E-state index contributed by atoms with van der Waals surface area (Å²) in [5.74, 6) is -1.95.